The first-order valence-corrected chi connectivity index (χ1v) is 26.8. The lowest BCUT2D eigenvalue weighted by atomic mass is 10.0. The first-order chi connectivity index (χ1) is 29.0. The van der Waals surface area contributed by atoms with E-state index in [9.17, 15) is 19.8 Å². The number of aliphatic hydroxyl groups is 2. The molecule has 352 valence electrons. The second kappa shape index (κ2) is 49.5. The number of rotatable bonds is 50. The molecule has 59 heavy (non-hydrogen) atoms. The number of carbonyl (C=O) groups excluding carboxylic acids is 2. The SMILES string of the molecule is CCCCCCCCCCCCCCCCCCCCCCCC(O)C(CO)NC(=O)CCCCCCCCCCCOC(=O)CCCCCCCCCCCCCC. The van der Waals surface area contributed by atoms with E-state index in [0.717, 1.165) is 57.8 Å². The Kier molecular flexibility index (Phi) is 48.6. The van der Waals surface area contributed by atoms with Gasteiger partial charge in [0.15, 0.2) is 0 Å². The number of esters is 1. The molecule has 1 amide bonds. The standard InChI is InChI=1S/C53H105NO5/c1-3-5-7-9-11-13-15-17-18-19-20-21-22-23-24-25-26-29-33-37-41-45-51(56)50(49-55)54-52(57)46-42-38-34-30-28-32-36-40-44-48-59-53(58)47-43-39-35-31-27-16-14-12-10-8-6-4-2/h50-51,55-56H,3-49H2,1-2H3,(H,54,57). The molecule has 0 aromatic heterocycles. The van der Waals surface area contributed by atoms with Crippen LogP contribution >= 0.6 is 0 Å². The molecule has 6 nitrogen and oxygen atoms in total. The number of hydrogen-bond acceptors (Lipinski definition) is 5. The van der Waals surface area contributed by atoms with Crippen molar-refractivity contribution >= 4 is 11.9 Å². The van der Waals surface area contributed by atoms with Gasteiger partial charge in [-0.2, -0.15) is 0 Å². The van der Waals surface area contributed by atoms with Crippen molar-refractivity contribution in [3.63, 3.8) is 0 Å². The fraction of sp³-hybridized carbons (Fsp3) is 0.962. The van der Waals surface area contributed by atoms with Gasteiger partial charge in [-0.15, -0.1) is 0 Å². The zero-order chi connectivity index (χ0) is 43.0. The average molecular weight is 836 g/mol. The van der Waals surface area contributed by atoms with E-state index in [1.807, 2.05) is 0 Å². The van der Waals surface area contributed by atoms with Gasteiger partial charge in [0.05, 0.1) is 25.4 Å². The van der Waals surface area contributed by atoms with Crippen molar-refractivity contribution in [2.24, 2.45) is 0 Å². The highest BCUT2D eigenvalue weighted by atomic mass is 16.5. The lowest BCUT2D eigenvalue weighted by Crippen LogP contribution is -2.45. The molecule has 0 fully saturated rings. The van der Waals surface area contributed by atoms with Crippen LogP contribution in [-0.2, 0) is 14.3 Å². The number of ether oxygens (including phenoxy) is 1. The monoisotopic (exact) mass is 836 g/mol. The summed E-state index contributed by atoms with van der Waals surface area (Å²) in [6.45, 7) is 4.91. The van der Waals surface area contributed by atoms with Crippen molar-refractivity contribution in [2.45, 2.75) is 315 Å². The van der Waals surface area contributed by atoms with E-state index in [4.69, 9.17) is 4.74 Å². The van der Waals surface area contributed by atoms with Crippen LogP contribution in [0.5, 0.6) is 0 Å². The minimum absolute atomic E-state index is 0.0230. The zero-order valence-corrected chi connectivity index (χ0v) is 40.0. The zero-order valence-electron chi connectivity index (χ0n) is 40.0. The smallest absolute Gasteiger partial charge is 0.305 e. The lowest BCUT2D eigenvalue weighted by molar-refractivity contribution is -0.143. The summed E-state index contributed by atoms with van der Waals surface area (Å²) < 4.78 is 5.44. The fourth-order valence-corrected chi connectivity index (χ4v) is 8.52. The summed E-state index contributed by atoms with van der Waals surface area (Å²) in [4.78, 5) is 24.5. The van der Waals surface area contributed by atoms with E-state index in [1.54, 1.807) is 0 Å². The van der Waals surface area contributed by atoms with Gasteiger partial charge in [0.1, 0.15) is 0 Å². The number of unbranched alkanes of at least 4 members (excludes halogenated alkanes) is 39. The summed E-state index contributed by atoms with van der Waals surface area (Å²) in [6.07, 6.45) is 55.0. The van der Waals surface area contributed by atoms with Crippen LogP contribution in [0.3, 0.4) is 0 Å². The Balaban J connectivity index is 3.47. The molecule has 0 radical (unpaired) electrons. The van der Waals surface area contributed by atoms with Gasteiger partial charge in [0.25, 0.3) is 0 Å². The summed E-state index contributed by atoms with van der Waals surface area (Å²) in [6, 6.07) is -0.560. The van der Waals surface area contributed by atoms with Crippen LogP contribution in [0.15, 0.2) is 0 Å². The Morgan fingerprint density at radius 3 is 1.03 bits per heavy atom. The average Bonchev–Trinajstić information content (AvgIpc) is 3.24. The molecular weight excluding hydrogens is 731 g/mol. The van der Waals surface area contributed by atoms with Gasteiger partial charge in [-0.25, -0.2) is 0 Å². The van der Waals surface area contributed by atoms with E-state index >= 15 is 0 Å². The molecule has 0 rings (SSSR count). The molecule has 0 bridgehead atoms. The maximum absolute atomic E-state index is 12.5. The largest absolute Gasteiger partial charge is 0.466 e. The normalized spacial score (nSPS) is 12.5. The van der Waals surface area contributed by atoms with Crippen LogP contribution in [0, 0.1) is 0 Å². The predicted molar refractivity (Wildman–Crippen MR) is 255 cm³/mol. The summed E-state index contributed by atoms with van der Waals surface area (Å²) in [7, 11) is 0. The van der Waals surface area contributed by atoms with Gasteiger partial charge in [0.2, 0.25) is 5.91 Å². The fourth-order valence-electron chi connectivity index (χ4n) is 8.52. The molecule has 0 aromatic carbocycles. The number of carbonyl (C=O) groups is 2. The van der Waals surface area contributed by atoms with Crippen LogP contribution in [0.2, 0.25) is 0 Å². The van der Waals surface area contributed by atoms with Gasteiger partial charge in [-0.05, 0) is 25.7 Å². The molecule has 0 spiro atoms. The Bertz CT molecular complexity index is 837. The predicted octanol–water partition coefficient (Wildman–Crippen LogP) is 16.0. The van der Waals surface area contributed by atoms with Gasteiger partial charge in [0, 0.05) is 12.8 Å². The van der Waals surface area contributed by atoms with Crippen molar-refractivity contribution in [3.8, 4) is 0 Å². The Hall–Kier alpha value is -1.14. The van der Waals surface area contributed by atoms with Crippen molar-refractivity contribution < 1.29 is 24.5 Å². The maximum Gasteiger partial charge on any atom is 0.305 e. The molecule has 3 N–H and O–H groups in total. The molecule has 2 atom stereocenters. The van der Waals surface area contributed by atoms with Gasteiger partial charge in [-0.1, -0.05) is 264 Å². The number of aliphatic hydroxyl groups excluding tert-OH is 2. The van der Waals surface area contributed by atoms with Crippen LogP contribution in [0.4, 0.5) is 0 Å². The maximum atomic E-state index is 12.5. The Labute approximate surface area is 368 Å². The summed E-state index contributed by atoms with van der Waals surface area (Å²) >= 11 is 0. The van der Waals surface area contributed by atoms with Crippen molar-refractivity contribution in [2.75, 3.05) is 13.2 Å². The van der Waals surface area contributed by atoms with Gasteiger partial charge < -0.3 is 20.3 Å². The lowest BCUT2D eigenvalue weighted by Gasteiger charge is -2.22. The Morgan fingerprint density at radius 2 is 0.695 bits per heavy atom. The van der Waals surface area contributed by atoms with Gasteiger partial charge >= 0.3 is 5.97 Å². The van der Waals surface area contributed by atoms with E-state index < -0.39 is 12.1 Å². The second-order valence-electron chi connectivity index (χ2n) is 18.6. The molecule has 0 aliphatic rings. The van der Waals surface area contributed by atoms with E-state index in [0.29, 0.717) is 25.9 Å². The number of nitrogens with one attached hydrogen (secondary N) is 1. The second-order valence-corrected chi connectivity index (χ2v) is 18.6. The summed E-state index contributed by atoms with van der Waals surface area (Å²) in [5.41, 5.74) is 0. The highest BCUT2D eigenvalue weighted by Gasteiger charge is 2.20. The molecule has 0 saturated carbocycles. The Morgan fingerprint density at radius 1 is 0.407 bits per heavy atom. The van der Waals surface area contributed by atoms with E-state index in [1.165, 1.54) is 212 Å². The molecule has 0 aliphatic heterocycles. The minimum atomic E-state index is -0.680. The van der Waals surface area contributed by atoms with Crippen molar-refractivity contribution in [1.82, 2.24) is 5.32 Å². The van der Waals surface area contributed by atoms with Crippen molar-refractivity contribution in [3.05, 3.63) is 0 Å². The molecule has 2 unspecified atom stereocenters. The van der Waals surface area contributed by atoms with E-state index in [2.05, 4.69) is 19.2 Å². The van der Waals surface area contributed by atoms with Crippen LogP contribution in [-0.4, -0.2) is 47.4 Å². The third-order valence-electron chi connectivity index (χ3n) is 12.7. The first kappa shape index (κ1) is 57.9. The molecule has 0 aromatic rings. The van der Waals surface area contributed by atoms with Gasteiger partial charge in [-0.3, -0.25) is 9.59 Å². The molecule has 6 heteroatoms. The van der Waals surface area contributed by atoms with Crippen LogP contribution < -0.4 is 5.32 Å². The number of hydrogen-bond donors (Lipinski definition) is 3. The van der Waals surface area contributed by atoms with Crippen molar-refractivity contribution in [1.29, 1.82) is 0 Å². The highest BCUT2D eigenvalue weighted by molar-refractivity contribution is 5.76. The quantitative estimate of drug-likeness (QED) is 0.0419. The minimum Gasteiger partial charge on any atom is -0.466 e. The first-order valence-electron chi connectivity index (χ1n) is 26.8. The van der Waals surface area contributed by atoms with Crippen LogP contribution in [0.1, 0.15) is 303 Å². The summed E-state index contributed by atoms with van der Waals surface area (Å²) in [5, 5.41) is 23.3. The molecular formula is C53H105NO5. The third kappa shape index (κ3) is 46.2. The van der Waals surface area contributed by atoms with E-state index in [-0.39, 0.29) is 18.5 Å². The summed E-state index contributed by atoms with van der Waals surface area (Å²) in [5.74, 6) is -0.0817. The molecule has 0 heterocycles. The number of amides is 1. The third-order valence-corrected chi connectivity index (χ3v) is 12.7. The van der Waals surface area contributed by atoms with Crippen LogP contribution in [0.25, 0.3) is 0 Å². The molecule has 0 saturated heterocycles. The topological polar surface area (TPSA) is 95.9 Å². The highest BCUT2D eigenvalue weighted by Crippen LogP contribution is 2.17. The molecule has 0 aliphatic carbocycles.